The minimum absolute atomic E-state index is 0.609. The molecule has 0 aliphatic carbocycles. The van der Waals surface area contributed by atoms with Gasteiger partial charge in [-0.1, -0.05) is 25.5 Å². The molecule has 0 aliphatic heterocycles. The highest BCUT2D eigenvalue weighted by Crippen LogP contribution is 2.20. The zero-order valence-corrected chi connectivity index (χ0v) is 9.61. The van der Waals surface area contributed by atoms with Crippen molar-refractivity contribution in [3.8, 4) is 0 Å². The maximum Gasteiger partial charge on any atom is 0.0582 e. The Morgan fingerprint density at radius 3 is 2.69 bits per heavy atom. The van der Waals surface area contributed by atoms with E-state index in [4.69, 9.17) is 0 Å². The Hall–Kier alpha value is -0.630. The predicted molar refractivity (Wildman–Crippen MR) is 59.3 cm³/mol. The average molecular weight is 195 g/mol. The maximum atomic E-state index is 4.41. The van der Waals surface area contributed by atoms with Gasteiger partial charge in [0.25, 0.3) is 0 Å². The fourth-order valence-corrected chi connectivity index (χ4v) is 1.75. The Kier molecular flexibility index (Phi) is 3.67. The molecule has 0 aromatic carbocycles. The molecule has 0 saturated carbocycles. The topological polar surface area (TPSA) is 12.9 Å². The molecule has 0 N–H and O–H groups in total. The SMILES string of the molecule is CC(C)=CCc1cc(C(C)C)sn1. The van der Waals surface area contributed by atoms with Gasteiger partial charge in [0.1, 0.15) is 0 Å². The summed E-state index contributed by atoms with van der Waals surface area (Å²) >= 11 is 1.63. The monoisotopic (exact) mass is 195 g/mol. The molecule has 2 heteroatoms. The number of nitrogens with zero attached hydrogens (tertiary/aromatic N) is 1. The molecule has 0 unspecified atom stereocenters. The fraction of sp³-hybridized carbons (Fsp3) is 0.545. The second-order valence-electron chi connectivity index (χ2n) is 3.86. The van der Waals surface area contributed by atoms with Crippen molar-refractivity contribution in [2.75, 3.05) is 0 Å². The molecule has 0 fully saturated rings. The van der Waals surface area contributed by atoms with E-state index in [0.717, 1.165) is 6.42 Å². The van der Waals surface area contributed by atoms with Crippen LogP contribution in [-0.4, -0.2) is 4.37 Å². The van der Waals surface area contributed by atoms with Crippen LogP contribution in [-0.2, 0) is 6.42 Å². The first-order chi connectivity index (χ1) is 6.09. The van der Waals surface area contributed by atoms with Gasteiger partial charge >= 0.3 is 0 Å². The van der Waals surface area contributed by atoms with Crippen LogP contribution in [0.4, 0.5) is 0 Å². The summed E-state index contributed by atoms with van der Waals surface area (Å²) in [5, 5.41) is 0. The number of hydrogen-bond acceptors (Lipinski definition) is 2. The highest BCUT2D eigenvalue weighted by atomic mass is 32.1. The van der Waals surface area contributed by atoms with Crippen molar-refractivity contribution in [3.63, 3.8) is 0 Å². The van der Waals surface area contributed by atoms with Gasteiger partial charge in [-0.3, -0.25) is 0 Å². The molecule has 1 nitrogen and oxygen atoms in total. The quantitative estimate of drug-likeness (QED) is 0.669. The second kappa shape index (κ2) is 4.56. The molecule has 0 spiro atoms. The van der Waals surface area contributed by atoms with Crippen LogP contribution in [0.15, 0.2) is 17.7 Å². The first kappa shape index (κ1) is 10.5. The molecular weight excluding hydrogens is 178 g/mol. The Morgan fingerprint density at radius 1 is 1.54 bits per heavy atom. The third-order valence-corrected chi connectivity index (χ3v) is 2.99. The van der Waals surface area contributed by atoms with E-state index in [-0.39, 0.29) is 0 Å². The van der Waals surface area contributed by atoms with Gasteiger partial charge < -0.3 is 0 Å². The van der Waals surface area contributed by atoms with Gasteiger partial charge in [0, 0.05) is 11.3 Å². The molecule has 0 atom stereocenters. The highest BCUT2D eigenvalue weighted by molar-refractivity contribution is 7.05. The van der Waals surface area contributed by atoms with Crippen LogP contribution in [0.2, 0.25) is 0 Å². The molecular formula is C11H17NS. The van der Waals surface area contributed by atoms with E-state index in [1.807, 2.05) is 0 Å². The van der Waals surface area contributed by atoms with E-state index < -0.39 is 0 Å². The highest BCUT2D eigenvalue weighted by Gasteiger charge is 2.03. The molecule has 0 aliphatic rings. The van der Waals surface area contributed by atoms with Crippen molar-refractivity contribution in [1.29, 1.82) is 0 Å². The average Bonchev–Trinajstić information content (AvgIpc) is 2.48. The van der Waals surface area contributed by atoms with Gasteiger partial charge in [-0.15, -0.1) is 0 Å². The zero-order chi connectivity index (χ0) is 9.84. The first-order valence-corrected chi connectivity index (χ1v) is 5.45. The van der Waals surface area contributed by atoms with Crippen molar-refractivity contribution in [2.45, 2.75) is 40.0 Å². The second-order valence-corrected chi connectivity index (χ2v) is 4.70. The number of rotatable bonds is 3. The summed E-state index contributed by atoms with van der Waals surface area (Å²) in [4.78, 5) is 1.39. The lowest BCUT2D eigenvalue weighted by molar-refractivity contribution is 0.888. The van der Waals surface area contributed by atoms with Gasteiger partial charge in [0.05, 0.1) is 5.69 Å². The number of hydrogen-bond donors (Lipinski definition) is 0. The number of allylic oxidation sites excluding steroid dienone is 2. The fourth-order valence-electron chi connectivity index (χ4n) is 1.01. The Balaban J connectivity index is 2.64. The van der Waals surface area contributed by atoms with Gasteiger partial charge in [-0.05, 0) is 37.4 Å². The van der Waals surface area contributed by atoms with Crippen LogP contribution >= 0.6 is 11.5 Å². The van der Waals surface area contributed by atoms with E-state index in [2.05, 4.69) is 44.2 Å². The normalized spacial score (nSPS) is 10.5. The summed E-state index contributed by atoms with van der Waals surface area (Å²) in [6.45, 7) is 8.65. The lowest BCUT2D eigenvalue weighted by atomic mass is 10.1. The summed E-state index contributed by atoms with van der Waals surface area (Å²) in [7, 11) is 0. The van der Waals surface area contributed by atoms with E-state index >= 15 is 0 Å². The molecule has 1 aromatic heterocycles. The van der Waals surface area contributed by atoms with Gasteiger partial charge in [-0.25, -0.2) is 0 Å². The number of aromatic nitrogens is 1. The van der Waals surface area contributed by atoms with Gasteiger partial charge in [0.2, 0.25) is 0 Å². The molecule has 13 heavy (non-hydrogen) atoms. The smallest absolute Gasteiger partial charge is 0.0582 e. The Morgan fingerprint density at radius 2 is 2.23 bits per heavy atom. The van der Waals surface area contributed by atoms with E-state index in [9.17, 15) is 0 Å². The zero-order valence-electron chi connectivity index (χ0n) is 8.79. The summed E-state index contributed by atoms with van der Waals surface area (Å²) < 4.78 is 4.41. The maximum absolute atomic E-state index is 4.41. The third kappa shape index (κ3) is 3.31. The molecule has 0 bridgehead atoms. The molecule has 0 amide bonds. The summed E-state index contributed by atoms with van der Waals surface area (Å²) in [5.41, 5.74) is 2.56. The lowest BCUT2D eigenvalue weighted by Gasteiger charge is -1.95. The largest absolute Gasteiger partial charge is 0.197 e. The minimum atomic E-state index is 0.609. The summed E-state index contributed by atoms with van der Waals surface area (Å²) in [6, 6.07) is 2.22. The van der Waals surface area contributed by atoms with Crippen molar-refractivity contribution in [3.05, 3.63) is 28.3 Å². The standard InChI is InChI=1S/C11H17NS/c1-8(2)5-6-10-7-11(9(3)4)13-12-10/h5,7,9H,6H2,1-4H3. The van der Waals surface area contributed by atoms with Gasteiger partial charge in [-0.2, -0.15) is 4.37 Å². The minimum Gasteiger partial charge on any atom is -0.197 e. The lowest BCUT2D eigenvalue weighted by Crippen LogP contribution is -1.81. The molecule has 0 radical (unpaired) electrons. The molecule has 72 valence electrons. The van der Waals surface area contributed by atoms with Crippen molar-refractivity contribution in [1.82, 2.24) is 4.37 Å². The summed E-state index contributed by atoms with van der Waals surface area (Å²) in [6.07, 6.45) is 3.20. The van der Waals surface area contributed by atoms with Crippen LogP contribution in [0.1, 0.15) is 44.2 Å². The predicted octanol–water partition coefficient (Wildman–Crippen LogP) is 3.78. The molecule has 1 rings (SSSR count). The van der Waals surface area contributed by atoms with E-state index in [0.29, 0.717) is 5.92 Å². The van der Waals surface area contributed by atoms with Crippen LogP contribution in [0.5, 0.6) is 0 Å². The third-order valence-electron chi connectivity index (χ3n) is 1.87. The van der Waals surface area contributed by atoms with Crippen molar-refractivity contribution < 1.29 is 0 Å². The van der Waals surface area contributed by atoms with Crippen LogP contribution < -0.4 is 0 Å². The van der Waals surface area contributed by atoms with Crippen molar-refractivity contribution >= 4 is 11.5 Å². The van der Waals surface area contributed by atoms with E-state index in [1.54, 1.807) is 11.5 Å². The Labute approximate surface area is 84.7 Å². The molecule has 1 aromatic rings. The molecule has 1 heterocycles. The molecule has 0 saturated heterocycles. The first-order valence-electron chi connectivity index (χ1n) is 4.68. The van der Waals surface area contributed by atoms with E-state index in [1.165, 1.54) is 16.1 Å². The summed E-state index contributed by atoms with van der Waals surface area (Å²) in [5.74, 6) is 0.609. The van der Waals surface area contributed by atoms with Crippen LogP contribution in [0, 0.1) is 0 Å². The van der Waals surface area contributed by atoms with Crippen LogP contribution in [0.25, 0.3) is 0 Å². The Bertz CT molecular complexity index is 293. The van der Waals surface area contributed by atoms with Gasteiger partial charge in [0.15, 0.2) is 0 Å². The van der Waals surface area contributed by atoms with Crippen molar-refractivity contribution in [2.24, 2.45) is 0 Å². The van der Waals surface area contributed by atoms with Crippen LogP contribution in [0.3, 0.4) is 0 Å².